The largest absolute Gasteiger partial charge is 0.404 e. The summed E-state index contributed by atoms with van der Waals surface area (Å²) in [4.78, 5) is 0. The molecule has 0 saturated carbocycles. The van der Waals surface area contributed by atoms with Crippen LogP contribution in [0.25, 0.3) is 0 Å². The Hall–Kier alpha value is -0.980. The molecule has 0 aromatic rings. The molecule has 1 rings (SSSR count). The van der Waals surface area contributed by atoms with E-state index >= 15 is 0 Å². The Kier molecular flexibility index (Phi) is 1.73. The fourth-order valence-electron chi connectivity index (χ4n) is 0.837. The van der Waals surface area contributed by atoms with Gasteiger partial charge in [0.15, 0.2) is 0 Å². The summed E-state index contributed by atoms with van der Waals surface area (Å²) < 4.78 is 0. The molecule has 2 N–H and O–H groups in total. The fraction of sp³-hybridized carbons (Fsp3) is 0.250. The molecule has 0 aromatic carbocycles. The Balaban J connectivity index is 2.74. The topological polar surface area (TPSA) is 26.0 Å². The molecule has 0 unspecified atom stereocenters. The third-order valence-electron chi connectivity index (χ3n) is 1.44. The van der Waals surface area contributed by atoms with Crippen molar-refractivity contribution in [1.29, 1.82) is 0 Å². The standard InChI is InChI=1S/C8H11N/c1-2-7-3-4-8(5-7)6-9/h3-6H,2,9H2,1H3/b8-6-. The third-order valence-corrected chi connectivity index (χ3v) is 1.44. The van der Waals surface area contributed by atoms with Crippen LogP contribution in [0.5, 0.6) is 0 Å². The summed E-state index contributed by atoms with van der Waals surface area (Å²) in [5, 5.41) is 0. The van der Waals surface area contributed by atoms with E-state index in [1.54, 1.807) is 6.20 Å². The SMILES string of the molecule is CCC1=C/C(=C\N)C=C1. The molecule has 1 heteroatoms. The molecule has 1 aliphatic rings. The Morgan fingerprint density at radius 1 is 1.56 bits per heavy atom. The number of hydrogen-bond donors (Lipinski definition) is 1. The first-order valence-corrected chi connectivity index (χ1v) is 3.17. The first-order chi connectivity index (χ1) is 4.36. The van der Waals surface area contributed by atoms with Gasteiger partial charge in [-0.2, -0.15) is 0 Å². The van der Waals surface area contributed by atoms with Crippen LogP contribution in [0.15, 0.2) is 35.6 Å². The summed E-state index contributed by atoms with van der Waals surface area (Å²) in [5.74, 6) is 0. The van der Waals surface area contributed by atoms with Crippen LogP contribution in [0, 0.1) is 0 Å². The van der Waals surface area contributed by atoms with E-state index in [-0.39, 0.29) is 0 Å². The molecular formula is C8H11N. The van der Waals surface area contributed by atoms with E-state index in [2.05, 4.69) is 19.1 Å². The number of rotatable bonds is 1. The van der Waals surface area contributed by atoms with E-state index in [0.29, 0.717) is 0 Å². The van der Waals surface area contributed by atoms with Crippen molar-refractivity contribution < 1.29 is 0 Å². The molecule has 0 spiro atoms. The second kappa shape index (κ2) is 2.53. The molecule has 0 saturated heterocycles. The highest BCUT2D eigenvalue weighted by Crippen LogP contribution is 2.15. The first kappa shape index (κ1) is 6.14. The maximum atomic E-state index is 5.29. The predicted molar refractivity (Wildman–Crippen MR) is 39.8 cm³/mol. The van der Waals surface area contributed by atoms with Crippen LogP contribution < -0.4 is 5.73 Å². The summed E-state index contributed by atoms with van der Waals surface area (Å²) in [6.45, 7) is 2.13. The van der Waals surface area contributed by atoms with Crippen LogP contribution >= 0.6 is 0 Å². The quantitative estimate of drug-likeness (QED) is 0.561. The Morgan fingerprint density at radius 2 is 2.33 bits per heavy atom. The average molecular weight is 121 g/mol. The molecule has 1 aliphatic carbocycles. The predicted octanol–water partition coefficient (Wildman–Crippen LogP) is 1.74. The van der Waals surface area contributed by atoms with Gasteiger partial charge >= 0.3 is 0 Å². The molecule has 0 radical (unpaired) electrons. The van der Waals surface area contributed by atoms with Crippen LogP contribution in [-0.4, -0.2) is 0 Å². The lowest BCUT2D eigenvalue weighted by atomic mass is 10.2. The van der Waals surface area contributed by atoms with Crippen molar-refractivity contribution in [2.75, 3.05) is 0 Å². The van der Waals surface area contributed by atoms with Crippen molar-refractivity contribution in [1.82, 2.24) is 0 Å². The lowest BCUT2D eigenvalue weighted by molar-refractivity contribution is 1.16. The van der Waals surface area contributed by atoms with Crippen LogP contribution in [0.2, 0.25) is 0 Å². The van der Waals surface area contributed by atoms with Gasteiger partial charge in [0.1, 0.15) is 0 Å². The van der Waals surface area contributed by atoms with Crippen molar-refractivity contribution in [2.45, 2.75) is 13.3 Å². The first-order valence-electron chi connectivity index (χ1n) is 3.17. The van der Waals surface area contributed by atoms with Crippen molar-refractivity contribution >= 4 is 0 Å². The minimum Gasteiger partial charge on any atom is -0.404 e. The summed E-state index contributed by atoms with van der Waals surface area (Å²) >= 11 is 0. The van der Waals surface area contributed by atoms with Gasteiger partial charge in [-0.15, -0.1) is 0 Å². The summed E-state index contributed by atoms with van der Waals surface area (Å²) in [6.07, 6.45) is 8.94. The molecule has 0 amide bonds. The van der Waals surface area contributed by atoms with E-state index in [1.807, 2.05) is 6.08 Å². The minimum atomic E-state index is 1.09. The van der Waals surface area contributed by atoms with Gasteiger partial charge in [0.05, 0.1) is 0 Å². The molecule has 9 heavy (non-hydrogen) atoms. The maximum Gasteiger partial charge on any atom is 0.00116 e. The number of hydrogen-bond acceptors (Lipinski definition) is 1. The van der Waals surface area contributed by atoms with Crippen LogP contribution in [0.1, 0.15) is 13.3 Å². The van der Waals surface area contributed by atoms with E-state index in [9.17, 15) is 0 Å². The van der Waals surface area contributed by atoms with Gasteiger partial charge in [0.25, 0.3) is 0 Å². The number of nitrogens with two attached hydrogens (primary N) is 1. The minimum absolute atomic E-state index is 1.09. The van der Waals surface area contributed by atoms with E-state index in [1.165, 1.54) is 5.57 Å². The van der Waals surface area contributed by atoms with E-state index in [4.69, 9.17) is 5.73 Å². The highest BCUT2D eigenvalue weighted by atomic mass is 14.5. The summed E-state index contributed by atoms with van der Waals surface area (Å²) in [6, 6.07) is 0. The van der Waals surface area contributed by atoms with Gasteiger partial charge in [0.2, 0.25) is 0 Å². The molecule has 1 nitrogen and oxygen atoms in total. The van der Waals surface area contributed by atoms with Gasteiger partial charge in [-0.3, -0.25) is 0 Å². The summed E-state index contributed by atoms with van der Waals surface area (Å²) in [7, 11) is 0. The molecule has 48 valence electrons. The van der Waals surface area contributed by atoms with Crippen molar-refractivity contribution in [3.63, 3.8) is 0 Å². The molecule has 0 atom stereocenters. The molecule has 0 aliphatic heterocycles. The Bertz CT molecular complexity index is 185. The van der Waals surface area contributed by atoms with Gasteiger partial charge in [0, 0.05) is 6.20 Å². The second-order valence-corrected chi connectivity index (χ2v) is 2.07. The maximum absolute atomic E-state index is 5.29. The Morgan fingerprint density at radius 3 is 2.67 bits per heavy atom. The van der Waals surface area contributed by atoms with Gasteiger partial charge in [-0.25, -0.2) is 0 Å². The lowest BCUT2D eigenvalue weighted by Gasteiger charge is -1.86. The smallest absolute Gasteiger partial charge is 0.00116 e. The Labute approximate surface area is 55.6 Å². The molecule has 0 fully saturated rings. The highest BCUT2D eigenvalue weighted by molar-refractivity contribution is 5.45. The van der Waals surface area contributed by atoms with Crippen molar-refractivity contribution in [2.24, 2.45) is 5.73 Å². The van der Waals surface area contributed by atoms with Crippen molar-refractivity contribution in [3.8, 4) is 0 Å². The van der Waals surface area contributed by atoms with Gasteiger partial charge in [-0.1, -0.05) is 25.2 Å². The second-order valence-electron chi connectivity index (χ2n) is 2.07. The van der Waals surface area contributed by atoms with E-state index in [0.717, 1.165) is 12.0 Å². The zero-order valence-corrected chi connectivity index (χ0v) is 5.59. The average Bonchev–Trinajstić information content (AvgIpc) is 2.34. The fourth-order valence-corrected chi connectivity index (χ4v) is 0.837. The van der Waals surface area contributed by atoms with E-state index < -0.39 is 0 Å². The molecule has 0 aromatic heterocycles. The zero-order chi connectivity index (χ0) is 6.69. The number of allylic oxidation sites excluding steroid dienone is 5. The van der Waals surface area contributed by atoms with Crippen LogP contribution in [0.3, 0.4) is 0 Å². The lowest BCUT2D eigenvalue weighted by Crippen LogP contribution is -1.79. The normalized spacial score (nSPS) is 21.0. The molecule has 0 heterocycles. The monoisotopic (exact) mass is 121 g/mol. The summed E-state index contributed by atoms with van der Waals surface area (Å²) in [5.41, 5.74) is 7.76. The van der Waals surface area contributed by atoms with Crippen LogP contribution in [-0.2, 0) is 0 Å². The third kappa shape index (κ3) is 1.22. The van der Waals surface area contributed by atoms with Gasteiger partial charge < -0.3 is 5.73 Å². The zero-order valence-electron chi connectivity index (χ0n) is 5.59. The van der Waals surface area contributed by atoms with Gasteiger partial charge in [-0.05, 0) is 17.6 Å². The molecular weight excluding hydrogens is 110 g/mol. The van der Waals surface area contributed by atoms with Crippen LogP contribution in [0.4, 0.5) is 0 Å². The highest BCUT2D eigenvalue weighted by Gasteiger charge is 1.96. The molecule has 0 bridgehead atoms. The van der Waals surface area contributed by atoms with Crippen molar-refractivity contribution in [3.05, 3.63) is 35.6 Å².